The van der Waals surface area contributed by atoms with Gasteiger partial charge in [-0.25, -0.2) is 0 Å². The molecule has 0 saturated carbocycles. The molecule has 0 radical (unpaired) electrons. The van der Waals surface area contributed by atoms with Crippen LogP contribution in [0.3, 0.4) is 0 Å². The van der Waals surface area contributed by atoms with Crippen molar-refractivity contribution in [2.45, 2.75) is 40.2 Å². The standard InChI is InChI=1S/C8H17NO/c1-6(9)5-7(10)8(2,3)4/h6H,5,9H2,1-4H3. The molecule has 0 spiro atoms. The van der Waals surface area contributed by atoms with E-state index in [4.69, 9.17) is 5.73 Å². The topological polar surface area (TPSA) is 43.1 Å². The van der Waals surface area contributed by atoms with Gasteiger partial charge in [0.25, 0.3) is 0 Å². The first-order valence-electron chi connectivity index (χ1n) is 3.63. The molecule has 0 aliphatic heterocycles. The van der Waals surface area contributed by atoms with Gasteiger partial charge >= 0.3 is 0 Å². The minimum absolute atomic E-state index is 0.00766. The second kappa shape index (κ2) is 3.15. The van der Waals surface area contributed by atoms with E-state index < -0.39 is 0 Å². The molecule has 1 atom stereocenters. The Kier molecular flexibility index (Phi) is 3.03. The lowest BCUT2D eigenvalue weighted by atomic mass is 9.87. The first-order chi connectivity index (χ1) is 4.34. The Morgan fingerprint density at radius 2 is 1.90 bits per heavy atom. The third-order valence-corrected chi connectivity index (χ3v) is 1.34. The summed E-state index contributed by atoms with van der Waals surface area (Å²) < 4.78 is 0. The molecular weight excluding hydrogens is 126 g/mol. The van der Waals surface area contributed by atoms with Crippen LogP contribution in [0.1, 0.15) is 34.1 Å². The molecule has 2 N–H and O–H groups in total. The zero-order chi connectivity index (χ0) is 8.36. The minimum Gasteiger partial charge on any atom is -0.328 e. The Balaban J connectivity index is 3.87. The van der Waals surface area contributed by atoms with E-state index in [9.17, 15) is 4.79 Å². The molecule has 60 valence electrons. The lowest BCUT2D eigenvalue weighted by Gasteiger charge is -2.17. The summed E-state index contributed by atoms with van der Waals surface area (Å²) in [6, 6.07) is -0.00766. The van der Waals surface area contributed by atoms with Crippen LogP contribution in [0, 0.1) is 5.41 Å². The molecule has 10 heavy (non-hydrogen) atoms. The van der Waals surface area contributed by atoms with Crippen molar-refractivity contribution in [1.82, 2.24) is 0 Å². The summed E-state index contributed by atoms with van der Waals surface area (Å²) in [5.41, 5.74) is 5.24. The van der Waals surface area contributed by atoms with Crippen LogP contribution in [0.5, 0.6) is 0 Å². The van der Waals surface area contributed by atoms with Gasteiger partial charge in [-0.05, 0) is 6.92 Å². The van der Waals surface area contributed by atoms with Gasteiger partial charge in [-0.1, -0.05) is 20.8 Å². The normalized spacial score (nSPS) is 14.9. The Labute approximate surface area is 62.8 Å². The number of carbonyl (C=O) groups is 1. The van der Waals surface area contributed by atoms with Gasteiger partial charge < -0.3 is 5.73 Å². The van der Waals surface area contributed by atoms with Crippen molar-refractivity contribution >= 4 is 5.78 Å². The average molecular weight is 143 g/mol. The zero-order valence-corrected chi connectivity index (χ0v) is 7.27. The maximum Gasteiger partial charge on any atom is 0.139 e. The quantitative estimate of drug-likeness (QED) is 0.634. The largest absolute Gasteiger partial charge is 0.328 e. The van der Waals surface area contributed by atoms with Crippen molar-refractivity contribution < 1.29 is 4.79 Å². The zero-order valence-electron chi connectivity index (χ0n) is 7.27. The van der Waals surface area contributed by atoms with Crippen molar-refractivity contribution in [3.05, 3.63) is 0 Å². The molecule has 0 aromatic carbocycles. The van der Waals surface area contributed by atoms with Gasteiger partial charge in [0, 0.05) is 17.9 Å². The van der Waals surface area contributed by atoms with Gasteiger partial charge in [0.2, 0.25) is 0 Å². The van der Waals surface area contributed by atoms with E-state index in [0.717, 1.165) is 0 Å². The number of rotatable bonds is 2. The first kappa shape index (κ1) is 9.63. The van der Waals surface area contributed by atoms with Crippen LogP contribution in [0.25, 0.3) is 0 Å². The molecular formula is C8H17NO. The maximum absolute atomic E-state index is 11.2. The van der Waals surface area contributed by atoms with Gasteiger partial charge in [0.15, 0.2) is 0 Å². The number of carbonyl (C=O) groups excluding carboxylic acids is 1. The fraction of sp³-hybridized carbons (Fsp3) is 0.875. The summed E-state index contributed by atoms with van der Waals surface area (Å²) in [6.45, 7) is 7.59. The average Bonchev–Trinajstić information content (AvgIpc) is 1.60. The number of ketones is 1. The number of Topliss-reactive ketones (excluding diaryl/α,β-unsaturated/α-hetero) is 1. The van der Waals surface area contributed by atoms with Crippen LogP contribution in [-0.4, -0.2) is 11.8 Å². The van der Waals surface area contributed by atoms with E-state index in [2.05, 4.69) is 0 Å². The van der Waals surface area contributed by atoms with E-state index >= 15 is 0 Å². The molecule has 0 aromatic rings. The fourth-order valence-electron chi connectivity index (χ4n) is 0.599. The number of nitrogens with two attached hydrogens (primary N) is 1. The molecule has 0 rings (SSSR count). The molecule has 2 nitrogen and oxygen atoms in total. The minimum atomic E-state index is -0.229. The van der Waals surface area contributed by atoms with Gasteiger partial charge in [0.05, 0.1) is 0 Å². The van der Waals surface area contributed by atoms with Crippen molar-refractivity contribution in [2.75, 3.05) is 0 Å². The van der Waals surface area contributed by atoms with Crippen molar-refractivity contribution in [2.24, 2.45) is 11.1 Å². The smallest absolute Gasteiger partial charge is 0.139 e. The number of hydrogen-bond donors (Lipinski definition) is 1. The Hall–Kier alpha value is -0.370. The van der Waals surface area contributed by atoms with Crippen LogP contribution in [0.15, 0.2) is 0 Å². The number of hydrogen-bond acceptors (Lipinski definition) is 2. The van der Waals surface area contributed by atoms with E-state index in [1.807, 2.05) is 27.7 Å². The highest BCUT2D eigenvalue weighted by atomic mass is 16.1. The summed E-state index contributed by atoms with van der Waals surface area (Å²) in [7, 11) is 0. The molecule has 0 aliphatic rings. The van der Waals surface area contributed by atoms with Crippen molar-refractivity contribution in [1.29, 1.82) is 0 Å². The van der Waals surface area contributed by atoms with Crippen LogP contribution >= 0.6 is 0 Å². The Morgan fingerprint density at radius 3 is 2.00 bits per heavy atom. The highest BCUT2D eigenvalue weighted by Crippen LogP contribution is 2.16. The molecule has 0 amide bonds. The molecule has 0 aromatic heterocycles. The summed E-state index contributed by atoms with van der Waals surface area (Å²) in [4.78, 5) is 11.2. The molecule has 0 fully saturated rings. The second-order valence-corrected chi connectivity index (χ2v) is 3.85. The summed E-state index contributed by atoms with van der Waals surface area (Å²) in [5, 5.41) is 0. The summed E-state index contributed by atoms with van der Waals surface area (Å²) in [5.74, 6) is 0.238. The summed E-state index contributed by atoms with van der Waals surface area (Å²) >= 11 is 0. The molecule has 2 heteroatoms. The molecule has 0 aliphatic carbocycles. The highest BCUT2D eigenvalue weighted by Gasteiger charge is 2.21. The third kappa shape index (κ3) is 3.62. The van der Waals surface area contributed by atoms with E-state index in [1.165, 1.54) is 0 Å². The van der Waals surface area contributed by atoms with Crippen molar-refractivity contribution in [3.63, 3.8) is 0 Å². The molecule has 0 bridgehead atoms. The van der Waals surface area contributed by atoms with Gasteiger partial charge in [0.1, 0.15) is 5.78 Å². The van der Waals surface area contributed by atoms with E-state index in [1.54, 1.807) is 0 Å². The van der Waals surface area contributed by atoms with Crippen LogP contribution in [0.2, 0.25) is 0 Å². The third-order valence-electron chi connectivity index (χ3n) is 1.34. The second-order valence-electron chi connectivity index (χ2n) is 3.85. The van der Waals surface area contributed by atoms with Gasteiger partial charge in [-0.15, -0.1) is 0 Å². The predicted octanol–water partition coefficient (Wildman–Crippen LogP) is 1.34. The fourth-order valence-corrected chi connectivity index (χ4v) is 0.599. The highest BCUT2D eigenvalue weighted by molar-refractivity contribution is 5.84. The van der Waals surface area contributed by atoms with Crippen LogP contribution in [-0.2, 0) is 4.79 Å². The molecule has 0 heterocycles. The molecule has 0 saturated heterocycles. The Bertz CT molecular complexity index is 122. The first-order valence-corrected chi connectivity index (χ1v) is 3.63. The van der Waals surface area contributed by atoms with E-state index in [0.29, 0.717) is 6.42 Å². The lowest BCUT2D eigenvalue weighted by Crippen LogP contribution is -2.27. The lowest BCUT2D eigenvalue weighted by molar-refractivity contribution is -0.126. The predicted molar refractivity (Wildman–Crippen MR) is 42.7 cm³/mol. The van der Waals surface area contributed by atoms with Gasteiger partial charge in [-0.3, -0.25) is 4.79 Å². The maximum atomic E-state index is 11.2. The van der Waals surface area contributed by atoms with Crippen LogP contribution < -0.4 is 5.73 Å². The summed E-state index contributed by atoms with van der Waals surface area (Å²) in [6.07, 6.45) is 0.490. The Morgan fingerprint density at radius 1 is 1.50 bits per heavy atom. The van der Waals surface area contributed by atoms with Crippen molar-refractivity contribution in [3.8, 4) is 0 Å². The monoisotopic (exact) mass is 143 g/mol. The SMILES string of the molecule is CC(N)CC(=O)C(C)(C)C. The van der Waals surface area contributed by atoms with E-state index in [-0.39, 0.29) is 17.2 Å². The molecule has 1 unspecified atom stereocenters. The van der Waals surface area contributed by atoms with Gasteiger partial charge in [-0.2, -0.15) is 0 Å². The van der Waals surface area contributed by atoms with Crippen LogP contribution in [0.4, 0.5) is 0 Å².